The van der Waals surface area contributed by atoms with E-state index >= 15 is 0 Å². The quantitative estimate of drug-likeness (QED) is 0.759. The second kappa shape index (κ2) is 6.95. The zero-order valence-corrected chi connectivity index (χ0v) is 12.7. The van der Waals surface area contributed by atoms with Crippen LogP contribution in [0.25, 0.3) is 5.69 Å². The first-order chi connectivity index (χ1) is 10.8. The van der Waals surface area contributed by atoms with Gasteiger partial charge in [-0.2, -0.15) is 4.68 Å². The van der Waals surface area contributed by atoms with Crippen LogP contribution >= 0.6 is 11.3 Å². The van der Waals surface area contributed by atoms with E-state index in [0.29, 0.717) is 12.1 Å². The summed E-state index contributed by atoms with van der Waals surface area (Å²) in [4.78, 5) is 13.4. The molecule has 0 fully saturated rings. The maximum absolute atomic E-state index is 12.1. The molecule has 0 saturated carbocycles. The number of carbonyl (C=O) groups is 1. The number of amides is 1. The van der Waals surface area contributed by atoms with Crippen LogP contribution in [0.4, 0.5) is 5.69 Å². The zero-order valence-electron chi connectivity index (χ0n) is 11.8. The van der Waals surface area contributed by atoms with Gasteiger partial charge < -0.3 is 5.32 Å². The third-order valence-corrected chi connectivity index (χ3v) is 4.12. The Kier molecular flexibility index (Phi) is 4.55. The fourth-order valence-corrected chi connectivity index (χ4v) is 2.89. The van der Waals surface area contributed by atoms with Crippen molar-refractivity contribution in [2.75, 3.05) is 5.32 Å². The molecule has 0 aliphatic carbocycles. The fraction of sp³-hybridized carbons (Fsp3) is 0.200. The Balaban J connectivity index is 1.60. The van der Waals surface area contributed by atoms with Crippen molar-refractivity contribution in [3.63, 3.8) is 0 Å². The van der Waals surface area contributed by atoms with Gasteiger partial charge in [0.1, 0.15) is 6.33 Å². The maximum Gasteiger partial charge on any atom is 0.224 e. The highest BCUT2D eigenvalue weighted by atomic mass is 32.1. The Morgan fingerprint density at radius 2 is 2.14 bits per heavy atom. The summed E-state index contributed by atoms with van der Waals surface area (Å²) in [6.07, 6.45) is 3.75. The van der Waals surface area contributed by atoms with E-state index < -0.39 is 0 Å². The number of thiophene rings is 1. The number of hydrogen-bond donors (Lipinski definition) is 1. The monoisotopic (exact) mass is 313 g/mol. The molecule has 0 atom stereocenters. The van der Waals surface area contributed by atoms with Gasteiger partial charge in [0, 0.05) is 11.3 Å². The summed E-state index contributed by atoms with van der Waals surface area (Å²) < 4.78 is 1.53. The SMILES string of the molecule is O=C(CCCc1cccs1)Nc1ccccc1-n1cnnn1. The molecular weight excluding hydrogens is 298 g/mol. The molecule has 2 heterocycles. The molecule has 3 rings (SSSR count). The van der Waals surface area contributed by atoms with Crippen LogP contribution in [0, 0.1) is 0 Å². The van der Waals surface area contributed by atoms with Gasteiger partial charge in [0.15, 0.2) is 0 Å². The molecule has 0 aliphatic rings. The third-order valence-electron chi connectivity index (χ3n) is 3.18. The summed E-state index contributed by atoms with van der Waals surface area (Å²) in [5, 5.41) is 16.1. The van der Waals surface area contributed by atoms with Crippen molar-refractivity contribution in [3.8, 4) is 5.69 Å². The second-order valence-electron chi connectivity index (χ2n) is 4.75. The summed E-state index contributed by atoms with van der Waals surface area (Å²) in [5.41, 5.74) is 1.45. The molecular formula is C15H15N5OS. The Bertz CT molecular complexity index is 724. The normalized spacial score (nSPS) is 10.5. The standard InChI is InChI=1S/C15H15N5OS/c21-15(9-3-5-12-6-4-10-22-12)17-13-7-1-2-8-14(13)20-11-16-18-19-20/h1-2,4,6-8,10-11H,3,5,9H2,(H,17,21). The fourth-order valence-electron chi connectivity index (χ4n) is 2.14. The van der Waals surface area contributed by atoms with E-state index in [1.165, 1.54) is 15.9 Å². The molecule has 2 aromatic heterocycles. The Morgan fingerprint density at radius 1 is 1.23 bits per heavy atom. The number of nitrogens with zero attached hydrogens (tertiary/aromatic N) is 4. The topological polar surface area (TPSA) is 72.7 Å². The molecule has 1 N–H and O–H groups in total. The van der Waals surface area contributed by atoms with Gasteiger partial charge in [0.2, 0.25) is 5.91 Å². The lowest BCUT2D eigenvalue weighted by Gasteiger charge is -2.09. The lowest BCUT2D eigenvalue weighted by atomic mass is 10.2. The maximum atomic E-state index is 12.1. The molecule has 0 aliphatic heterocycles. The highest BCUT2D eigenvalue weighted by Gasteiger charge is 2.09. The van der Waals surface area contributed by atoms with Gasteiger partial charge in [0.05, 0.1) is 11.4 Å². The smallest absolute Gasteiger partial charge is 0.224 e. The molecule has 0 bridgehead atoms. The second-order valence-corrected chi connectivity index (χ2v) is 5.78. The van der Waals surface area contributed by atoms with Crippen LogP contribution in [0.2, 0.25) is 0 Å². The Morgan fingerprint density at radius 3 is 2.91 bits per heavy atom. The van der Waals surface area contributed by atoms with E-state index in [-0.39, 0.29) is 5.91 Å². The summed E-state index contributed by atoms with van der Waals surface area (Å²) in [5.74, 6) is -0.00270. The minimum Gasteiger partial charge on any atom is -0.324 e. The number of para-hydroxylation sites is 2. The Hall–Kier alpha value is -2.54. The molecule has 0 saturated heterocycles. The van der Waals surface area contributed by atoms with Gasteiger partial charge in [-0.25, -0.2) is 0 Å². The number of aryl methyl sites for hydroxylation is 1. The van der Waals surface area contributed by atoms with Crippen LogP contribution in [0.1, 0.15) is 17.7 Å². The first-order valence-corrected chi connectivity index (χ1v) is 7.85. The highest BCUT2D eigenvalue weighted by Crippen LogP contribution is 2.19. The van der Waals surface area contributed by atoms with Crippen LogP contribution in [-0.2, 0) is 11.2 Å². The number of benzene rings is 1. The highest BCUT2D eigenvalue weighted by molar-refractivity contribution is 7.09. The van der Waals surface area contributed by atoms with Crippen LogP contribution in [-0.4, -0.2) is 26.1 Å². The van der Waals surface area contributed by atoms with Crippen molar-refractivity contribution in [1.82, 2.24) is 20.2 Å². The minimum absolute atomic E-state index is 0.00270. The molecule has 0 unspecified atom stereocenters. The zero-order chi connectivity index (χ0) is 15.2. The summed E-state index contributed by atoms with van der Waals surface area (Å²) >= 11 is 1.72. The first kappa shape index (κ1) is 14.4. The number of tetrazole rings is 1. The van der Waals surface area contributed by atoms with Crippen molar-refractivity contribution >= 4 is 22.9 Å². The average molecular weight is 313 g/mol. The van der Waals surface area contributed by atoms with E-state index in [1.54, 1.807) is 11.3 Å². The van der Waals surface area contributed by atoms with Crippen LogP contribution in [0.3, 0.4) is 0 Å². The molecule has 22 heavy (non-hydrogen) atoms. The summed E-state index contributed by atoms with van der Waals surface area (Å²) in [6.45, 7) is 0. The molecule has 7 heteroatoms. The van der Waals surface area contributed by atoms with Crippen molar-refractivity contribution < 1.29 is 4.79 Å². The predicted molar refractivity (Wildman–Crippen MR) is 85.0 cm³/mol. The van der Waals surface area contributed by atoms with Gasteiger partial charge in [-0.15, -0.1) is 16.4 Å². The predicted octanol–water partition coefficient (Wildman–Crippen LogP) is 2.69. The van der Waals surface area contributed by atoms with Gasteiger partial charge in [0.25, 0.3) is 0 Å². The van der Waals surface area contributed by atoms with Crippen molar-refractivity contribution in [2.45, 2.75) is 19.3 Å². The number of carbonyl (C=O) groups excluding carboxylic acids is 1. The van der Waals surface area contributed by atoms with Crippen molar-refractivity contribution in [2.24, 2.45) is 0 Å². The number of aromatic nitrogens is 4. The minimum atomic E-state index is -0.00270. The lowest BCUT2D eigenvalue weighted by Crippen LogP contribution is -2.13. The number of rotatable bonds is 6. The average Bonchev–Trinajstić information content (AvgIpc) is 3.21. The molecule has 3 aromatic rings. The molecule has 0 radical (unpaired) electrons. The third kappa shape index (κ3) is 3.56. The molecule has 1 aromatic carbocycles. The van der Waals surface area contributed by atoms with E-state index in [4.69, 9.17) is 0 Å². The largest absolute Gasteiger partial charge is 0.324 e. The molecule has 6 nitrogen and oxygen atoms in total. The number of hydrogen-bond acceptors (Lipinski definition) is 5. The lowest BCUT2D eigenvalue weighted by molar-refractivity contribution is -0.116. The van der Waals surface area contributed by atoms with E-state index in [9.17, 15) is 4.79 Å². The van der Waals surface area contributed by atoms with Gasteiger partial charge in [-0.05, 0) is 46.8 Å². The van der Waals surface area contributed by atoms with Gasteiger partial charge >= 0.3 is 0 Å². The van der Waals surface area contributed by atoms with Gasteiger partial charge in [-0.3, -0.25) is 4.79 Å². The van der Waals surface area contributed by atoms with E-state index in [1.807, 2.05) is 30.3 Å². The van der Waals surface area contributed by atoms with Crippen LogP contribution < -0.4 is 5.32 Å². The van der Waals surface area contributed by atoms with E-state index in [0.717, 1.165) is 18.5 Å². The number of nitrogens with one attached hydrogen (secondary N) is 1. The molecule has 0 spiro atoms. The van der Waals surface area contributed by atoms with Crippen LogP contribution in [0.15, 0.2) is 48.1 Å². The number of anilines is 1. The van der Waals surface area contributed by atoms with Crippen molar-refractivity contribution in [3.05, 3.63) is 53.0 Å². The molecule has 112 valence electrons. The summed E-state index contributed by atoms with van der Waals surface area (Å²) in [7, 11) is 0. The van der Waals surface area contributed by atoms with Crippen molar-refractivity contribution in [1.29, 1.82) is 0 Å². The summed E-state index contributed by atoms with van der Waals surface area (Å²) in [6, 6.07) is 11.6. The van der Waals surface area contributed by atoms with Crippen LogP contribution in [0.5, 0.6) is 0 Å². The van der Waals surface area contributed by atoms with Gasteiger partial charge in [-0.1, -0.05) is 18.2 Å². The molecule has 1 amide bonds. The first-order valence-electron chi connectivity index (χ1n) is 6.97. The van der Waals surface area contributed by atoms with E-state index in [2.05, 4.69) is 32.3 Å². The Labute approximate surface area is 131 Å².